The second kappa shape index (κ2) is 7.76. The molecule has 0 spiro atoms. The van der Waals surface area contributed by atoms with Crippen LogP contribution in [-0.4, -0.2) is 23.8 Å². The van der Waals surface area contributed by atoms with Gasteiger partial charge in [0.15, 0.2) is 0 Å². The van der Waals surface area contributed by atoms with Crippen LogP contribution in [0.25, 0.3) is 32.7 Å². The van der Waals surface area contributed by atoms with E-state index in [1.807, 2.05) is 12.1 Å². The lowest BCUT2D eigenvalue weighted by atomic mass is 9.71. The summed E-state index contributed by atoms with van der Waals surface area (Å²) in [6, 6.07) is 19.3. The molecule has 1 heterocycles. The van der Waals surface area contributed by atoms with Gasteiger partial charge in [-0.2, -0.15) is 0 Å². The van der Waals surface area contributed by atoms with Crippen LogP contribution in [0.15, 0.2) is 54.6 Å². The van der Waals surface area contributed by atoms with E-state index in [2.05, 4.69) is 79.2 Å². The third kappa shape index (κ3) is 2.83. The van der Waals surface area contributed by atoms with Crippen molar-refractivity contribution in [2.75, 3.05) is 7.05 Å². The highest BCUT2D eigenvalue weighted by Gasteiger charge is 2.39. The summed E-state index contributed by atoms with van der Waals surface area (Å²) in [6.45, 7) is 6.76. The molecule has 0 aromatic heterocycles. The van der Waals surface area contributed by atoms with E-state index >= 15 is 0 Å². The number of amides is 2. The first-order valence-corrected chi connectivity index (χ1v) is 13.4. The van der Waals surface area contributed by atoms with Gasteiger partial charge in [0.2, 0.25) is 0 Å². The number of hydrogen-bond donors (Lipinski definition) is 0. The van der Waals surface area contributed by atoms with Gasteiger partial charge in [-0.05, 0) is 69.0 Å². The molecule has 4 aromatic carbocycles. The zero-order chi connectivity index (χ0) is 24.6. The number of carbonyl (C=O) groups excluding carboxylic acids is 2. The Hall–Kier alpha value is -2.98. The van der Waals surface area contributed by atoms with Crippen molar-refractivity contribution in [3.63, 3.8) is 0 Å². The Labute approximate surface area is 214 Å². The average molecular weight is 526 g/mol. The van der Waals surface area contributed by atoms with Crippen molar-refractivity contribution in [3.05, 3.63) is 82.4 Å². The minimum atomic E-state index is -0.267. The lowest BCUT2D eigenvalue weighted by Gasteiger charge is -2.33. The summed E-state index contributed by atoms with van der Waals surface area (Å²) >= 11 is 3.95. The monoisotopic (exact) mass is 525 g/mol. The third-order valence-corrected chi connectivity index (χ3v) is 9.32. The van der Waals surface area contributed by atoms with Crippen LogP contribution in [0.1, 0.15) is 82.3 Å². The molecule has 2 amide bonds. The van der Waals surface area contributed by atoms with E-state index < -0.39 is 0 Å². The first-order valence-electron chi connectivity index (χ1n) is 12.5. The molecule has 176 valence electrons. The number of hydrogen-bond acceptors (Lipinski definition) is 2. The molecule has 0 bridgehead atoms. The van der Waals surface area contributed by atoms with Crippen molar-refractivity contribution in [1.29, 1.82) is 0 Å². The number of benzene rings is 4. The number of carbonyl (C=O) groups is 2. The lowest BCUT2D eigenvalue weighted by molar-refractivity contribution is 0.0650. The molecule has 4 aromatic rings. The van der Waals surface area contributed by atoms with E-state index in [-0.39, 0.29) is 17.2 Å². The molecule has 4 heteroatoms. The lowest BCUT2D eigenvalue weighted by Crippen LogP contribution is -2.37. The summed E-state index contributed by atoms with van der Waals surface area (Å²) in [4.78, 5) is 27.8. The molecule has 2 atom stereocenters. The van der Waals surface area contributed by atoms with Crippen molar-refractivity contribution < 1.29 is 9.59 Å². The van der Waals surface area contributed by atoms with Crippen LogP contribution in [0.4, 0.5) is 0 Å². The molecule has 0 saturated carbocycles. The molecule has 0 saturated heterocycles. The Morgan fingerprint density at radius 3 is 2.09 bits per heavy atom. The standard InChI is InChI=1S/C31H28BrNO2/c1-5-8-25(32)17-13-15-23-26-18(17)9-7-10-19(26)20-11-12-21-27-22(30(35)33(4)29(21)34)14-16-24(28(20)27)31(23,3)6-2/h7,9-16,25H,5-6,8H2,1-4H3. The largest absolute Gasteiger partial charge is 0.277 e. The summed E-state index contributed by atoms with van der Waals surface area (Å²) in [7, 11) is 1.57. The van der Waals surface area contributed by atoms with Gasteiger partial charge in [-0.1, -0.05) is 85.6 Å². The van der Waals surface area contributed by atoms with Crippen LogP contribution in [-0.2, 0) is 5.41 Å². The van der Waals surface area contributed by atoms with Crippen molar-refractivity contribution in [2.45, 2.75) is 50.3 Å². The molecule has 0 fully saturated rings. The predicted molar refractivity (Wildman–Crippen MR) is 147 cm³/mol. The van der Waals surface area contributed by atoms with Gasteiger partial charge in [0.05, 0.1) is 0 Å². The van der Waals surface area contributed by atoms with Crippen LogP contribution in [0.2, 0.25) is 0 Å². The smallest absolute Gasteiger partial charge is 0.261 e. The van der Waals surface area contributed by atoms with Gasteiger partial charge in [0.1, 0.15) is 0 Å². The average Bonchev–Trinajstić information content (AvgIpc) is 2.97. The Morgan fingerprint density at radius 1 is 0.800 bits per heavy atom. The molecule has 3 nitrogen and oxygen atoms in total. The van der Waals surface area contributed by atoms with Crippen LogP contribution in [0.5, 0.6) is 0 Å². The van der Waals surface area contributed by atoms with Crippen LogP contribution in [0, 0.1) is 0 Å². The van der Waals surface area contributed by atoms with Crippen LogP contribution < -0.4 is 0 Å². The first-order chi connectivity index (χ1) is 16.8. The molecule has 1 aliphatic heterocycles. The summed E-state index contributed by atoms with van der Waals surface area (Å²) in [5.41, 5.74) is 7.06. The van der Waals surface area contributed by atoms with E-state index in [0.29, 0.717) is 16.0 Å². The summed E-state index contributed by atoms with van der Waals surface area (Å²) in [5, 5.41) is 4.42. The predicted octanol–water partition coefficient (Wildman–Crippen LogP) is 8.15. The van der Waals surface area contributed by atoms with Gasteiger partial charge >= 0.3 is 0 Å². The van der Waals surface area contributed by atoms with Gasteiger partial charge in [-0.3, -0.25) is 14.5 Å². The molecule has 2 unspecified atom stereocenters. The van der Waals surface area contributed by atoms with Gasteiger partial charge in [-0.15, -0.1) is 0 Å². The number of rotatable bonds is 4. The number of halogens is 1. The summed E-state index contributed by atoms with van der Waals surface area (Å²) < 4.78 is 0. The van der Waals surface area contributed by atoms with Crippen molar-refractivity contribution in [3.8, 4) is 11.1 Å². The highest BCUT2D eigenvalue weighted by Crippen LogP contribution is 2.52. The zero-order valence-corrected chi connectivity index (χ0v) is 22.1. The third-order valence-electron chi connectivity index (χ3n) is 8.37. The van der Waals surface area contributed by atoms with Crippen molar-refractivity contribution in [2.24, 2.45) is 0 Å². The summed E-state index contributed by atoms with van der Waals surface area (Å²) in [5.74, 6) is -0.457. The maximum absolute atomic E-state index is 13.1. The number of imide groups is 1. The number of nitrogens with zero attached hydrogens (tertiary/aromatic N) is 1. The zero-order valence-electron chi connectivity index (χ0n) is 20.5. The van der Waals surface area contributed by atoms with Gasteiger partial charge in [0.25, 0.3) is 11.8 Å². The van der Waals surface area contributed by atoms with Crippen LogP contribution in [0.3, 0.4) is 0 Å². The van der Waals surface area contributed by atoms with E-state index in [0.717, 1.165) is 35.6 Å². The second-order valence-electron chi connectivity index (χ2n) is 10.1. The molecule has 6 rings (SSSR count). The van der Waals surface area contributed by atoms with E-state index in [4.69, 9.17) is 0 Å². The molecule has 35 heavy (non-hydrogen) atoms. The fourth-order valence-corrected chi connectivity index (χ4v) is 7.17. The highest BCUT2D eigenvalue weighted by atomic mass is 79.9. The quantitative estimate of drug-likeness (QED) is 0.199. The highest BCUT2D eigenvalue weighted by molar-refractivity contribution is 9.09. The second-order valence-corrected chi connectivity index (χ2v) is 11.2. The minimum Gasteiger partial charge on any atom is -0.277 e. The number of fused-ring (bicyclic) bond motifs is 1. The van der Waals surface area contributed by atoms with Crippen LogP contribution >= 0.6 is 15.9 Å². The Balaban J connectivity index is 1.82. The van der Waals surface area contributed by atoms with E-state index in [1.54, 1.807) is 7.05 Å². The van der Waals surface area contributed by atoms with Crippen molar-refractivity contribution >= 4 is 49.3 Å². The molecule has 0 radical (unpaired) electrons. The molecular weight excluding hydrogens is 498 g/mol. The SMILES string of the molecule is CCCC(Br)c1ccc2c3c(cccc13)-c1ccc3c4c(ccc(c14)C2(C)CC)C(=O)N(C)C3=O. The Kier molecular flexibility index (Phi) is 4.98. The summed E-state index contributed by atoms with van der Waals surface area (Å²) in [6.07, 6.45) is 3.09. The maximum atomic E-state index is 13.1. The molecule has 2 aliphatic rings. The maximum Gasteiger partial charge on any atom is 0.261 e. The van der Waals surface area contributed by atoms with E-state index in [1.165, 1.54) is 37.9 Å². The normalized spacial score (nSPS) is 19.4. The first kappa shape index (κ1) is 22.5. The van der Waals surface area contributed by atoms with Crippen molar-refractivity contribution in [1.82, 2.24) is 4.90 Å². The van der Waals surface area contributed by atoms with Gasteiger partial charge in [-0.25, -0.2) is 0 Å². The Morgan fingerprint density at radius 2 is 1.40 bits per heavy atom. The topological polar surface area (TPSA) is 37.4 Å². The number of alkyl halides is 1. The molecule has 0 N–H and O–H groups in total. The Bertz CT molecular complexity index is 1560. The fraction of sp³-hybridized carbons (Fsp3) is 0.290. The molecule has 1 aliphatic carbocycles. The van der Waals surface area contributed by atoms with E-state index in [9.17, 15) is 9.59 Å². The fourth-order valence-electron chi connectivity index (χ4n) is 6.31. The van der Waals surface area contributed by atoms with Gasteiger partial charge in [0, 0.05) is 33.8 Å². The minimum absolute atomic E-state index is 0.228. The molecular formula is C31H28BrNO2. The van der Waals surface area contributed by atoms with Gasteiger partial charge < -0.3 is 0 Å².